The van der Waals surface area contributed by atoms with Crippen molar-refractivity contribution in [3.05, 3.63) is 35.6 Å². The smallest absolute Gasteiger partial charge is 0.128 e. The zero-order chi connectivity index (χ0) is 12.8. The van der Waals surface area contributed by atoms with Gasteiger partial charge >= 0.3 is 0 Å². The summed E-state index contributed by atoms with van der Waals surface area (Å²) in [5.41, 5.74) is 6.60. The van der Waals surface area contributed by atoms with Crippen molar-refractivity contribution in [3.63, 3.8) is 0 Å². The minimum atomic E-state index is -0.209. The Kier molecular flexibility index (Phi) is 5.55. The minimum absolute atomic E-state index is 0.133. The van der Waals surface area contributed by atoms with Gasteiger partial charge in [0.2, 0.25) is 0 Å². The molecule has 1 aromatic carbocycles. The summed E-state index contributed by atoms with van der Waals surface area (Å²) in [6.45, 7) is 3.21. The van der Waals surface area contributed by atoms with Crippen LogP contribution in [0.4, 0.5) is 4.39 Å². The van der Waals surface area contributed by atoms with Crippen LogP contribution in [0.15, 0.2) is 24.3 Å². The highest BCUT2D eigenvalue weighted by atomic mass is 19.1. The molecule has 2 atom stereocenters. The van der Waals surface area contributed by atoms with E-state index in [1.807, 2.05) is 24.9 Å². The highest BCUT2D eigenvalue weighted by Crippen LogP contribution is 2.24. The van der Waals surface area contributed by atoms with Crippen molar-refractivity contribution < 1.29 is 9.13 Å². The summed E-state index contributed by atoms with van der Waals surface area (Å²) in [4.78, 5) is 2.02. The fourth-order valence-corrected chi connectivity index (χ4v) is 2.01. The molecule has 0 aliphatic carbocycles. The first-order chi connectivity index (χ1) is 8.07. The molecule has 3 nitrogen and oxygen atoms in total. The van der Waals surface area contributed by atoms with Crippen molar-refractivity contribution >= 4 is 0 Å². The molecule has 0 heterocycles. The highest BCUT2D eigenvalue weighted by molar-refractivity contribution is 5.22. The molecule has 0 aromatic heterocycles. The number of rotatable bonds is 6. The van der Waals surface area contributed by atoms with E-state index in [4.69, 9.17) is 10.5 Å². The lowest BCUT2D eigenvalue weighted by molar-refractivity contribution is 0.129. The number of likely N-dealkylation sites (N-methyl/N-ethyl adjacent to an activating group) is 1. The molecule has 0 saturated carbocycles. The van der Waals surface area contributed by atoms with Crippen LogP contribution in [-0.2, 0) is 4.74 Å². The highest BCUT2D eigenvalue weighted by Gasteiger charge is 2.23. The van der Waals surface area contributed by atoms with Crippen molar-refractivity contribution in [2.75, 3.05) is 27.3 Å². The van der Waals surface area contributed by atoms with Crippen LogP contribution in [-0.4, -0.2) is 38.3 Å². The molecule has 0 aliphatic rings. The monoisotopic (exact) mass is 240 g/mol. The third kappa shape index (κ3) is 3.77. The maximum absolute atomic E-state index is 13.8. The van der Waals surface area contributed by atoms with Gasteiger partial charge in [-0.1, -0.05) is 18.2 Å². The number of hydrogen-bond acceptors (Lipinski definition) is 3. The zero-order valence-corrected chi connectivity index (χ0v) is 10.7. The Morgan fingerprint density at radius 2 is 2.06 bits per heavy atom. The normalized spacial score (nSPS) is 14.9. The van der Waals surface area contributed by atoms with Gasteiger partial charge in [0.25, 0.3) is 0 Å². The van der Waals surface area contributed by atoms with Crippen molar-refractivity contribution in [1.82, 2.24) is 4.90 Å². The molecule has 1 aromatic rings. The molecule has 2 unspecified atom stereocenters. The Bertz CT molecular complexity index is 344. The molecule has 0 amide bonds. The summed E-state index contributed by atoms with van der Waals surface area (Å²) in [5.74, 6) is -0.209. The number of halogens is 1. The molecule has 17 heavy (non-hydrogen) atoms. The maximum Gasteiger partial charge on any atom is 0.128 e. The Labute approximate surface area is 102 Å². The number of nitrogens with zero attached hydrogens (tertiary/aromatic N) is 1. The van der Waals surface area contributed by atoms with Crippen molar-refractivity contribution in [1.29, 1.82) is 0 Å². The van der Waals surface area contributed by atoms with E-state index in [0.717, 1.165) is 6.54 Å². The van der Waals surface area contributed by atoms with Crippen LogP contribution in [0.25, 0.3) is 0 Å². The third-order valence-electron chi connectivity index (χ3n) is 2.84. The van der Waals surface area contributed by atoms with E-state index in [9.17, 15) is 4.39 Å². The van der Waals surface area contributed by atoms with Crippen molar-refractivity contribution in [2.24, 2.45) is 5.73 Å². The van der Waals surface area contributed by atoms with Gasteiger partial charge in [-0.3, -0.25) is 4.90 Å². The molecule has 0 aliphatic heterocycles. The molecule has 0 radical (unpaired) electrons. The molecule has 96 valence electrons. The summed E-state index contributed by atoms with van der Waals surface area (Å²) < 4.78 is 18.8. The fourth-order valence-electron chi connectivity index (χ4n) is 2.01. The molecular formula is C13H21FN2O. The van der Waals surface area contributed by atoms with E-state index < -0.39 is 0 Å². The van der Waals surface area contributed by atoms with Gasteiger partial charge in [0.1, 0.15) is 5.82 Å². The van der Waals surface area contributed by atoms with Gasteiger partial charge in [-0.05, 0) is 20.0 Å². The summed E-state index contributed by atoms with van der Waals surface area (Å²) in [6.07, 6.45) is 0. The average molecular weight is 240 g/mol. The summed E-state index contributed by atoms with van der Waals surface area (Å²) in [5, 5.41) is 0. The van der Waals surface area contributed by atoms with Crippen LogP contribution < -0.4 is 5.73 Å². The number of nitrogens with two attached hydrogens (primary N) is 1. The van der Waals surface area contributed by atoms with Crippen LogP contribution in [0.3, 0.4) is 0 Å². The average Bonchev–Trinajstić information content (AvgIpc) is 2.29. The maximum atomic E-state index is 13.8. The lowest BCUT2D eigenvalue weighted by Crippen LogP contribution is -2.39. The molecule has 2 N–H and O–H groups in total. The predicted octanol–water partition coefficient (Wildman–Crippen LogP) is 1.79. The van der Waals surface area contributed by atoms with Gasteiger partial charge in [-0.15, -0.1) is 0 Å². The van der Waals surface area contributed by atoms with Crippen molar-refractivity contribution in [3.8, 4) is 0 Å². The van der Waals surface area contributed by atoms with E-state index in [1.54, 1.807) is 19.2 Å². The van der Waals surface area contributed by atoms with Gasteiger partial charge in [0.05, 0.1) is 12.6 Å². The Hall–Kier alpha value is -0.970. The standard InChI is InChI=1S/C13H21FN2O/c1-10(15)13(16(2)8-9-17-3)11-6-4-5-7-12(11)14/h4-7,10,13H,8-9,15H2,1-3H3. The quantitative estimate of drug-likeness (QED) is 0.824. The number of hydrogen-bond donors (Lipinski definition) is 1. The predicted molar refractivity (Wildman–Crippen MR) is 67.3 cm³/mol. The summed E-state index contributed by atoms with van der Waals surface area (Å²) in [6, 6.07) is 6.49. The topological polar surface area (TPSA) is 38.5 Å². The first kappa shape index (κ1) is 14.1. The third-order valence-corrected chi connectivity index (χ3v) is 2.84. The van der Waals surface area contributed by atoms with Crippen LogP contribution in [0, 0.1) is 5.82 Å². The lowest BCUT2D eigenvalue weighted by atomic mass is 9.99. The Balaban J connectivity index is 2.89. The van der Waals surface area contributed by atoms with Crippen molar-refractivity contribution in [2.45, 2.75) is 19.0 Å². The number of benzene rings is 1. The van der Waals surface area contributed by atoms with E-state index in [0.29, 0.717) is 12.2 Å². The van der Waals surface area contributed by atoms with E-state index in [2.05, 4.69) is 0 Å². The van der Waals surface area contributed by atoms with Crippen LogP contribution in [0.2, 0.25) is 0 Å². The van der Waals surface area contributed by atoms with E-state index in [1.165, 1.54) is 6.07 Å². The van der Waals surface area contributed by atoms with Crippen LogP contribution in [0.5, 0.6) is 0 Å². The lowest BCUT2D eigenvalue weighted by Gasteiger charge is -2.31. The first-order valence-electron chi connectivity index (χ1n) is 5.77. The number of methoxy groups -OCH3 is 1. The molecule has 0 saturated heterocycles. The minimum Gasteiger partial charge on any atom is -0.383 e. The summed E-state index contributed by atoms with van der Waals surface area (Å²) in [7, 11) is 3.58. The largest absolute Gasteiger partial charge is 0.383 e. The molecule has 4 heteroatoms. The second-order valence-electron chi connectivity index (χ2n) is 4.30. The van der Waals surface area contributed by atoms with Crippen LogP contribution in [0.1, 0.15) is 18.5 Å². The van der Waals surface area contributed by atoms with Gasteiger partial charge in [0.15, 0.2) is 0 Å². The SMILES string of the molecule is COCCN(C)C(c1ccccc1F)C(C)N. The van der Waals surface area contributed by atoms with Gasteiger partial charge in [-0.25, -0.2) is 4.39 Å². The Morgan fingerprint density at radius 1 is 1.41 bits per heavy atom. The van der Waals surface area contributed by atoms with E-state index in [-0.39, 0.29) is 17.9 Å². The van der Waals surface area contributed by atoms with Gasteiger partial charge < -0.3 is 10.5 Å². The fraction of sp³-hybridized carbons (Fsp3) is 0.538. The molecular weight excluding hydrogens is 219 g/mol. The van der Waals surface area contributed by atoms with E-state index >= 15 is 0 Å². The number of ether oxygens (including phenoxy) is 1. The second-order valence-corrected chi connectivity index (χ2v) is 4.30. The second kappa shape index (κ2) is 6.69. The zero-order valence-electron chi connectivity index (χ0n) is 10.7. The van der Waals surface area contributed by atoms with Gasteiger partial charge in [0, 0.05) is 25.3 Å². The molecule has 0 spiro atoms. The molecule has 0 fully saturated rings. The molecule has 0 bridgehead atoms. The first-order valence-corrected chi connectivity index (χ1v) is 5.77. The Morgan fingerprint density at radius 3 is 2.59 bits per heavy atom. The van der Waals surface area contributed by atoms with Gasteiger partial charge in [-0.2, -0.15) is 0 Å². The summed E-state index contributed by atoms with van der Waals surface area (Å²) >= 11 is 0. The van der Waals surface area contributed by atoms with Crippen LogP contribution >= 0.6 is 0 Å². The molecule has 1 rings (SSSR count).